The van der Waals surface area contributed by atoms with Crippen molar-refractivity contribution in [2.45, 2.75) is 25.7 Å². The molecule has 1 aliphatic rings. The fourth-order valence-electron chi connectivity index (χ4n) is 2.89. The Morgan fingerprint density at radius 3 is 2.83 bits per heavy atom. The second kappa shape index (κ2) is 4.73. The summed E-state index contributed by atoms with van der Waals surface area (Å²) in [5.41, 5.74) is 7.35. The normalized spacial score (nSPS) is 29.2. The van der Waals surface area contributed by atoms with Crippen molar-refractivity contribution in [1.29, 1.82) is 0 Å². The Morgan fingerprint density at radius 2 is 2.22 bits per heavy atom. The summed E-state index contributed by atoms with van der Waals surface area (Å²) in [6, 6.07) is 7.80. The first kappa shape index (κ1) is 13.1. The molecule has 1 aromatic rings. The van der Waals surface area contributed by atoms with E-state index in [-0.39, 0.29) is 11.3 Å². The number of rotatable bonds is 2. The van der Waals surface area contributed by atoms with Crippen LogP contribution in [0.5, 0.6) is 0 Å². The van der Waals surface area contributed by atoms with Crippen molar-refractivity contribution in [2.75, 3.05) is 20.1 Å². The molecule has 1 aromatic carbocycles. The van der Waals surface area contributed by atoms with Crippen LogP contribution in [0.4, 0.5) is 0 Å². The van der Waals surface area contributed by atoms with Crippen LogP contribution in [0.2, 0.25) is 0 Å². The van der Waals surface area contributed by atoms with Crippen LogP contribution < -0.4 is 5.73 Å². The first-order valence-corrected chi connectivity index (χ1v) is 6.52. The molecule has 3 heteroatoms. The van der Waals surface area contributed by atoms with Crippen LogP contribution in [0.15, 0.2) is 24.3 Å². The molecule has 3 nitrogen and oxygen atoms in total. The third-order valence-corrected chi connectivity index (χ3v) is 4.49. The van der Waals surface area contributed by atoms with E-state index >= 15 is 0 Å². The maximum absolute atomic E-state index is 11.3. The summed E-state index contributed by atoms with van der Waals surface area (Å²) in [6.07, 6.45) is 1.12. The molecule has 0 aromatic heterocycles. The Labute approximate surface area is 109 Å². The van der Waals surface area contributed by atoms with E-state index in [1.54, 1.807) is 6.07 Å². The van der Waals surface area contributed by atoms with Crippen LogP contribution in [-0.2, 0) is 5.41 Å². The molecule has 2 rings (SSSR count). The average Bonchev–Trinajstić information content (AvgIpc) is 2.34. The van der Waals surface area contributed by atoms with E-state index in [0.29, 0.717) is 11.5 Å². The topological polar surface area (TPSA) is 46.3 Å². The van der Waals surface area contributed by atoms with Gasteiger partial charge in [-0.2, -0.15) is 0 Å². The van der Waals surface area contributed by atoms with Crippen LogP contribution in [0.1, 0.15) is 36.2 Å². The molecule has 1 fully saturated rings. The molecule has 2 atom stereocenters. The smallest absolute Gasteiger partial charge is 0.248 e. The van der Waals surface area contributed by atoms with E-state index < -0.39 is 0 Å². The van der Waals surface area contributed by atoms with E-state index in [0.717, 1.165) is 19.5 Å². The van der Waals surface area contributed by atoms with Gasteiger partial charge in [0, 0.05) is 12.1 Å². The molecule has 98 valence electrons. The minimum absolute atomic E-state index is 0.137. The molecule has 1 amide bonds. The lowest BCUT2D eigenvalue weighted by molar-refractivity contribution is 0.0999. The third kappa shape index (κ3) is 2.27. The van der Waals surface area contributed by atoms with Crippen molar-refractivity contribution < 1.29 is 4.79 Å². The first-order valence-electron chi connectivity index (χ1n) is 6.52. The van der Waals surface area contributed by atoms with Crippen molar-refractivity contribution in [3.8, 4) is 0 Å². The number of amides is 1. The van der Waals surface area contributed by atoms with Crippen molar-refractivity contribution in [3.63, 3.8) is 0 Å². The Morgan fingerprint density at radius 1 is 1.50 bits per heavy atom. The molecule has 1 aliphatic heterocycles. The van der Waals surface area contributed by atoms with E-state index in [2.05, 4.69) is 31.9 Å². The van der Waals surface area contributed by atoms with Gasteiger partial charge >= 0.3 is 0 Å². The highest BCUT2D eigenvalue weighted by Crippen LogP contribution is 2.39. The Bertz CT molecular complexity index is 458. The zero-order chi connectivity index (χ0) is 13.3. The van der Waals surface area contributed by atoms with Gasteiger partial charge < -0.3 is 10.6 Å². The molecule has 0 bridgehead atoms. The predicted molar refractivity (Wildman–Crippen MR) is 73.6 cm³/mol. The number of nitrogens with two attached hydrogens (primary N) is 1. The third-order valence-electron chi connectivity index (χ3n) is 4.49. The largest absolute Gasteiger partial charge is 0.366 e. The van der Waals surface area contributed by atoms with Crippen LogP contribution in [0.25, 0.3) is 0 Å². The standard InChI is InChI=1S/C15H22N2O/c1-11-10-17(3)8-7-15(11,2)13-6-4-5-12(9-13)14(16)18/h4-6,9,11H,7-8,10H2,1-3H3,(H2,16,18)/t11?,15-/m1/s1. The quantitative estimate of drug-likeness (QED) is 0.867. The first-order chi connectivity index (χ1) is 8.43. The Balaban J connectivity index is 2.35. The summed E-state index contributed by atoms with van der Waals surface area (Å²) >= 11 is 0. The molecule has 18 heavy (non-hydrogen) atoms. The highest BCUT2D eigenvalue weighted by Gasteiger charge is 2.37. The average molecular weight is 246 g/mol. The van der Waals surface area contributed by atoms with Gasteiger partial charge in [0.1, 0.15) is 0 Å². The summed E-state index contributed by atoms with van der Waals surface area (Å²) < 4.78 is 0. The summed E-state index contributed by atoms with van der Waals surface area (Å²) in [5, 5.41) is 0. The second-order valence-corrected chi connectivity index (χ2v) is 5.78. The summed E-state index contributed by atoms with van der Waals surface area (Å²) in [6.45, 7) is 6.77. The van der Waals surface area contributed by atoms with Crippen molar-refractivity contribution in [2.24, 2.45) is 11.7 Å². The lowest BCUT2D eigenvalue weighted by Crippen LogP contribution is -2.45. The lowest BCUT2D eigenvalue weighted by Gasteiger charge is -2.44. The molecule has 0 radical (unpaired) electrons. The Kier molecular flexibility index (Phi) is 3.44. The minimum Gasteiger partial charge on any atom is -0.366 e. The number of hydrogen-bond donors (Lipinski definition) is 1. The highest BCUT2D eigenvalue weighted by molar-refractivity contribution is 5.92. The zero-order valence-corrected chi connectivity index (χ0v) is 11.4. The van der Waals surface area contributed by atoms with E-state index in [1.165, 1.54) is 5.56 Å². The fourth-order valence-corrected chi connectivity index (χ4v) is 2.89. The molecular weight excluding hydrogens is 224 g/mol. The van der Waals surface area contributed by atoms with Gasteiger partial charge in [0.15, 0.2) is 0 Å². The lowest BCUT2D eigenvalue weighted by atomic mass is 9.68. The van der Waals surface area contributed by atoms with Gasteiger partial charge in [-0.3, -0.25) is 4.79 Å². The van der Waals surface area contributed by atoms with Gasteiger partial charge in [0.05, 0.1) is 0 Å². The molecule has 1 unspecified atom stereocenters. The van der Waals surface area contributed by atoms with E-state index in [1.807, 2.05) is 12.1 Å². The van der Waals surface area contributed by atoms with Crippen molar-refractivity contribution in [3.05, 3.63) is 35.4 Å². The minimum atomic E-state index is -0.346. The molecule has 2 N–H and O–H groups in total. The number of nitrogens with zero attached hydrogens (tertiary/aromatic N) is 1. The number of primary amides is 1. The second-order valence-electron chi connectivity index (χ2n) is 5.78. The van der Waals surface area contributed by atoms with Crippen LogP contribution in [0, 0.1) is 5.92 Å². The molecule has 0 spiro atoms. The molecular formula is C15H22N2O. The van der Waals surface area contributed by atoms with Crippen LogP contribution in [-0.4, -0.2) is 30.9 Å². The van der Waals surface area contributed by atoms with Gasteiger partial charge in [0.25, 0.3) is 0 Å². The molecule has 0 aliphatic carbocycles. The summed E-state index contributed by atoms with van der Waals surface area (Å²) in [4.78, 5) is 13.7. The Hall–Kier alpha value is -1.35. The number of carbonyl (C=O) groups is 1. The maximum atomic E-state index is 11.3. The molecule has 1 heterocycles. The SMILES string of the molecule is CC1CN(C)CC[C@@]1(C)c1cccc(C(N)=O)c1. The molecule has 0 saturated carbocycles. The number of piperidine rings is 1. The van der Waals surface area contributed by atoms with Crippen LogP contribution >= 0.6 is 0 Å². The van der Waals surface area contributed by atoms with Crippen molar-refractivity contribution in [1.82, 2.24) is 4.90 Å². The number of hydrogen-bond acceptors (Lipinski definition) is 2. The zero-order valence-electron chi connectivity index (χ0n) is 11.4. The fraction of sp³-hybridized carbons (Fsp3) is 0.533. The number of likely N-dealkylation sites (tertiary alicyclic amines) is 1. The van der Waals surface area contributed by atoms with Crippen molar-refractivity contribution >= 4 is 5.91 Å². The van der Waals surface area contributed by atoms with Gasteiger partial charge in [0.2, 0.25) is 5.91 Å². The van der Waals surface area contributed by atoms with Crippen LogP contribution in [0.3, 0.4) is 0 Å². The molecule has 1 saturated heterocycles. The van der Waals surface area contributed by atoms with Gasteiger partial charge in [-0.25, -0.2) is 0 Å². The summed E-state index contributed by atoms with van der Waals surface area (Å²) in [7, 11) is 2.16. The number of carbonyl (C=O) groups excluding carboxylic acids is 1. The van der Waals surface area contributed by atoms with E-state index in [9.17, 15) is 4.79 Å². The predicted octanol–water partition coefficient (Wildman–Crippen LogP) is 2.01. The van der Waals surface area contributed by atoms with Gasteiger partial charge in [-0.15, -0.1) is 0 Å². The highest BCUT2D eigenvalue weighted by atomic mass is 16.1. The number of benzene rings is 1. The van der Waals surface area contributed by atoms with Gasteiger partial charge in [-0.1, -0.05) is 26.0 Å². The summed E-state index contributed by atoms with van der Waals surface area (Å²) in [5.74, 6) is 0.223. The van der Waals surface area contributed by atoms with Gasteiger partial charge in [-0.05, 0) is 49.0 Å². The maximum Gasteiger partial charge on any atom is 0.248 e. The van der Waals surface area contributed by atoms with E-state index in [4.69, 9.17) is 5.73 Å². The monoisotopic (exact) mass is 246 g/mol.